The van der Waals surface area contributed by atoms with Crippen molar-refractivity contribution in [3.05, 3.63) is 42.2 Å². The van der Waals surface area contributed by atoms with E-state index < -0.39 is 0 Å². The van der Waals surface area contributed by atoms with E-state index in [0.29, 0.717) is 11.7 Å². The maximum absolute atomic E-state index is 11.1. The quantitative estimate of drug-likeness (QED) is 0.833. The molecule has 0 radical (unpaired) electrons. The number of nitrogens with zero attached hydrogens (tertiary/aromatic N) is 3. The molecule has 3 rings (SSSR count). The van der Waals surface area contributed by atoms with Crippen LogP contribution in [0.25, 0.3) is 11.3 Å². The summed E-state index contributed by atoms with van der Waals surface area (Å²) in [7, 11) is 0. The maximum Gasteiger partial charge on any atom is 0.132 e. The molecule has 1 aromatic heterocycles. The molecule has 1 fully saturated rings. The van der Waals surface area contributed by atoms with Crippen molar-refractivity contribution < 1.29 is 4.79 Å². The van der Waals surface area contributed by atoms with Gasteiger partial charge in [-0.1, -0.05) is 29.8 Å². The molecule has 0 aliphatic carbocycles. The summed E-state index contributed by atoms with van der Waals surface area (Å²) in [5.74, 6) is 1.98. The van der Waals surface area contributed by atoms with Crippen LogP contribution in [0.1, 0.15) is 38.2 Å². The average Bonchev–Trinajstić information content (AvgIpc) is 2.61. The van der Waals surface area contributed by atoms with Crippen LogP contribution in [-0.2, 0) is 4.79 Å². The summed E-state index contributed by atoms with van der Waals surface area (Å²) in [6, 6.07) is 10.5. The van der Waals surface area contributed by atoms with Gasteiger partial charge in [-0.15, -0.1) is 0 Å². The molecule has 4 heteroatoms. The SMILES string of the molecule is CC(=O)CCC1CCN(c2cc(-c3ccc(C)cc3)ncn2)CC1. The zero-order valence-corrected chi connectivity index (χ0v) is 14.5. The van der Waals surface area contributed by atoms with Gasteiger partial charge in [-0.2, -0.15) is 0 Å². The summed E-state index contributed by atoms with van der Waals surface area (Å²) in [4.78, 5) is 22.4. The standard InChI is InChI=1S/C20H25N3O/c1-15-3-7-18(8-4-15)19-13-20(22-14-21-19)23-11-9-17(10-12-23)6-5-16(2)24/h3-4,7-8,13-14,17H,5-6,9-12H2,1-2H3. The molecular formula is C20H25N3O. The number of carbonyl (C=O) groups is 1. The van der Waals surface area contributed by atoms with Crippen LogP contribution in [-0.4, -0.2) is 28.8 Å². The van der Waals surface area contributed by atoms with Crippen LogP contribution in [0.2, 0.25) is 0 Å². The first-order valence-corrected chi connectivity index (χ1v) is 8.75. The number of ketones is 1. The number of aryl methyl sites for hydroxylation is 1. The van der Waals surface area contributed by atoms with Crippen molar-refractivity contribution in [3.63, 3.8) is 0 Å². The van der Waals surface area contributed by atoms with Gasteiger partial charge in [0.15, 0.2) is 0 Å². The zero-order valence-electron chi connectivity index (χ0n) is 14.5. The van der Waals surface area contributed by atoms with E-state index >= 15 is 0 Å². The first kappa shape index (κ1) is 16.6. The van der Waals surface area contributed by atoms with Crippen molar-refractivity contribution >= 4 is 11.6 Å². The van der Waals surface area contributed by atoms with Gasteiger partial charge in [-0.05, 0) is 39.0 Å². The third-order valence-electron chi connectivity index (χ3n) is 4.84. The number of hydrogen-bond acceptors (Lipinski definition) is 4. The Bertz CT molecular complexity index is 688. The highest BCUT2D eigenvalue weighted by atomic mass is 16.1. The number of carbonyl (C=O) groups excluding carboxylic acids is 1. The lowest BCUT2D eigenvalue weighted by Gasteiger charge is -2.32. The first-order chi connectivity index (χ1) is 11.6. The summed E-state index contributed by atoms with van der Waals surface area (Å²) in [6.45, 7) is 5.79. The third-order valence-corrected chi connectivity index (χ3v) is 4.84. The van der Waals surface area contributed by atoms with E-state index in [2.05, 4.69) is 52.1 Å². The Labute approximate surface area is 143 Å². The van der Waals surface area contributed by atoms with Gasteiger partial charge in [-0.25, -0.2) is 9.97 Å². The average molecular weight is 323 g/mol. The van der Waals surface area contributed by atoms with Crippen molar-refractivity contribution in [2.24, 2.45) is 5.92 Å². The molecule has 0 spiro atoms. The van der Waals surface area contributed by atoms with Crippen molar-refractivity contribution in [3.8, 4) is 11.3 Å². The second-order valence-electron chi connectivity index (χ2n) is 6.80. The molecule has 24 heavy (non-hydrogen) atoms. The van der Waals surface area contributed by atoms with Gasteiger partial charge in [-0.3, -0.25) is 0 Å². The number of aromatic nitrogens is 2. The predicted molar refractivity (Wildman–Crippen MR) is 97.1 cm³/mol. The lowest BCUT2D eigenvalue weighted by atomic mass is 9.91. The number of hydrogen-bond donors (Lipinski definition) is 0. The van der Waals surface area contributed by atoms with E-state index in [1.165, 1.54) is 5.56 Å². The van der Waals surface area contributed by atoms with E-state index in [4.69, 9.17) is 0 Å². The van der Waals surface area contributed by atoms with Crippen LogP contribution in [0.15, 0.2) is 36.7 Å². The number of anilines is 1. The second-order valence-corrected chi connectivity index (χ2v) is 6.80. The fourth-order valence-electron chi connectivity index (χ4n) is 3.26. The van der Waals surface area contributed by atoms with E-state index in [1.54, 1.807) is 13.3 Å². The minimum atomic E-state index is 0.302. The van der Waals surface area contributed by atoms with Crippen molar-refractivity contribution in [2.75, 3.05) is 18.0 Å². The van der Waals surface area contributed by atoms with Crippen LogP contribution in [0.4, 0.5) is 5.82 Å². The fourth-order valence-corrected chi connectivity index (χ4v) is 3.26. The lowest BCUT2D eigenvalue weighted by Crippen LogP contribution is -2.34. The monoisotopic (exact) mass is 323 g/mol. The van der Waals surface area contributed by atoms with Crippen molar-refractivity contribution in [2.45, 2.75) is 39.5 Å². The number of rotatable bonds is 5. The van der Waals surface area contributed by atoms with E-state index in [9.17, 15) is 4.79 Å². The molecule has 1 saturated heterocycles. The molecule has 2 aromatic rings. The molecule has 126 valence electrons. The molecule has 0 bridgehead atoms. The zero-order chi connectivity index (χ0) is 16.9. The molecule has 4 nitrogen and oxygen atoms in total. The third kappa shape index (κ3) is 4.19. The Kier molecular flexibility index (Phi) is 5.24. The van der Waals surface area contributed by atoms with E-state index in [-0.39, 0.29) is 0 Å². The van der Waals surface area contributed by atoms with Gasteiger partial charge < -0.3 is 9.69 Å². The Morgan fingerprint density at radius 1 is 1.17 bits per heavy atom. The highest BCUT2D eigenvalue weighted by molar-refractivity contribution is 5.75. The summed E-state index contributed by atoms with van der Waals surface area (Å²) in [5.41, 5.74) is 3.35. The molecule has 1 aliphatic heterocycles. The van der Waals surface area contributed by atoms with Crippen LogP contribution < -0.4 is 4.90 Å². The molecule has 0 N–H and O–H groups in total. The van der Waals surface area contributed by atoms with Gasteiger partial charge >= 0.3 is 0 Å². The normalized spacial score (nSPS) is 15.5. The van der Waals surface area contributed by atoms with Crippen LogP contribution >= 0.6 is 0 Å². The molecule has 1 aromatic carbocycles. The molecule has 2 heterocycles. The summed E-state index contributed by atoms with van der Waals surface area (Å²) in [5, 5.41) is 0. The van der Waals surface area contributed by atoms with Gasteiger partial charge in [0.05, 0.1) is 5.69 Å². The van der Waals surface area contributed by atoms with E-state index in [1.807, 2.05) is 0 Å². The minimum absolute atomic E-state index is 0.302. The van der Waals surface area contributed by atoms with Gasteiger partial charge in [0, 0.05) is 31.1 Å². The minimum Gasteiger partial charge on any atom is -0.356 e. The van der Waals surface area contributed by atoms with Gasteiger partial charge in [0.2, 0.25) is 0 Å². The highest BCUT2D eigenvalue weighted by Gasteiger charge is 2.20. The van der Waals surface area contributed by atoms with Gasteiger partial charge in [0.25, 0.3) is 0 Å². The van der Waals surface area contributed by atoms with Crippen LogP contribution in [0.5, 0.6) is 0 Å². The largest absolute Gasteiger partial charge is 0.356 e. The topological polar surface area (TPSA) is 46.1 Å². The predicted octanol–water partition coefficient (Wildman–Crippen LogP) is 4.04. The van der Waals surface area contributed by atoms with Gasteiger partial charge in [0.1, 0.15) is 17.9 Å². The van der Waals surface area contributed by atoms with Crippen LogP contribution in [0, 0.1) is 12.8 Å². The second kappa shape index (κ2) is 7.56. The Morgan fingerprint density at radius 3 is 2.54 bits per heavy atom. The summed E-state index contributed by atoms with van der Waals surface area (Å²) in [6.07, 6.45) is 5.68. The molecule has 0 amide bonds. The Hall–Kier alpha value is -2.23. The summed E-state index contributed by atoms with van der Waals surface area (Å²) < 4.78 is 0. The van der Waals surface area contributed by atoms with Crippen molar-refractivity contribution in [1.82, 2.24) is 9.97 Å². The summed E-state index contributed by atoms with van der Waals surface area (Å²) >= 11 is 0. The molecule has 1 aliphatic rings. The highest BCUT2D eigenvalue weighted by Crippen LogP contribution is 2.27. The van der Waals surface area contributed by atoms with Crippen LogP contribution in [0.3, 0.4) is 0 Å². The smallest absolute Gasteiger partial charge is 0.132 e. The Balaban J connectivity index is 1.65. The molecular weight excluding hydrogens is 298 g/mol. The Morgan fingerprint density at radius 2 is 1.88 bits per heavy atom. The first-order valence-electron chi connectivity index (χ1n) is 8.75. The number of piperidine rings is 1. The molecule has 0 unspecified atom stereocenters. The number of benzene rings is 1. The fraction of sp³-hybridized carbons (Fsp3) is 0.450. The van der Waals surface area contributed by atoms with Crippen molar-refractivity contribution in [1.29, 1.82) is 0 Å². The molecule has 0 saturated carbocycles. The maximum atomic E-state index is 11.1. The van der Waals surface area contributed by atoms with E-state index in [0.717, 1.165) is 55.8 Å². The lowest BCUT2D eigenvalue weighted by molar-refractivity contribution is -0.117. The molecule has 0 atom stereocenters. The number of Topliss-reactive ketones (excluding diaryl/α,β-unsaturated/α-hetero) is 1.